The molecule has 0 unspecified atom stereocenters. The maximum Gasteiger partial charge on any atom is 0.348 e. The zero-order valence-electron chi connectivity index (χ0n) is 9.02. The van der Waals surface area contributed by atoms with Crippen LogP contribution in [0.15, 0.2) is 18.3 Å². The van der Waals surface area contributed by atoms with Gasteiger partial charge in [-0.25, -0.2) is 9.78 Å². The fraction of sp³-hybridized carbons (Fsp3) is 0.273. The molecule has 0 aliphatic heterocycles. The van der Waals surface area contributed by atoms with Gasteiger partial charge < -0.3 is 9.47 Å². The minimum absolute atomic E-state index is 0.300. The summed E-state index contributed by atoms with van der Waals surface area (Å²) in [6, 6.07) is 3.61. The first-order valence-electron chi connectivity index (χ1n) is 4.86. The maximum absolute atomic E-state index is 11.5. The molecule has 4 nitrogen and oxygen atoms in total. The van der Waals surface area contributed by atoms with Crippen molar-refractivity contribution in [1.82, 2.24) is 4.98 Å². The van der Waals surface area contributed by atoms with Gasteiger partial charge >= 0.3 is 5.97 Å². The molecule has 0 bridgehead atoms. The lowest BCUT2D eigenvalue weighted by atomic mass is 10.3. The van der Waals surface area contributed by atoms with Crippen LogP contribution in [0.3, 0.4) is 0 Å². The Morgan fingerprint density at radius 1 is 1.56 bits per heavy atom. The summed E-state index contributed by atoms with van der Waals surface area (Å²) in [6.45, 7) is 2.16. The Labute approximate surface area is 96.8 Å². The lowest BCUT2D eigenvalue weighted by Crippen LogP contribution is -2.01. The van der Waals surface area contributed by atoms with Crippen LogP contribution in [0.5, 0.6) is 5.88 Å². The van der Waals surface area contributed by atoms with Gasteiger partial charge in [-0.2, -0.15) is 0 Å². The number of carbonyl (C=O) groups excluding carboxylic acids is 1. The Morgan fingerprint density at radius 2 is 2.38 bits per heavy atom. The van der Waals surface area contributed by atoms with Crippen LogP contribution in [0, 0.1) is 0 Å². The quantitative estimate of drug-likeness (QED) is 0.769. The minimum Gasteiger partial charge on any atom is -0.481 e. The van der Waals surface area contributed by atoms with Crippen molar-refractivity contribution in [1.29, 1.82) is 0 Å². The molecule has 2 aromatic heterocycles. The Morgan fingerprint density at radius 3 is 3.06 bits per heavy atom. The highest BCUT2D eigenvalue weighted by atomic mass is 32.1. The third-order valence-corrected chi connectivity index (χ3v) is 3.16. The van der Waals surface area contributed by atoms with Gasteiger partial charge in [0.2, 0.25) is 5.88 Å². The highest BCUT2D eigenvalue weighted by Gasteiger charge is 2.13. The van der Waals surface area contributed by atoms with Gasteiger partial charge in [0.25, 0.3) is 0 Å². The predicted molar refractivity (Wildman–Crippen MR) is 62.1 cm³/mol. The van der Waals surface area contributed by atoms with E-state index in [2.05, 4.69) is 4.98 Å². The average molecular weight is 237 g/mol. The molecule has 2 rings (SSSR count). The summed E-state index contributed by atoms with van der Waals surface area (Å²) in [6.07, 6.45) is 1.66. The number of pyridine rings is 1. The van der Waals surface area contributed by atoms with Crippen LogP contribution in [0.25, 0.3) is 10.1 Å². The van der Waals surface area contributed by atoms with E-state index in [0.717, 1.165) is 10.1 Å². The second-order valence-corrected chi connectivity index (χ2v) is 4.15. The number of fused-ring (bicyclic) bond motifs is 1. The first kappa shape index (κ1) is 10.9. The molecule has 84 valence electrons. The normalized spacial score (nSPS) is 10.4. The van der Waals surface area contributed by atoms with Crippen molar-refractivity contribution in [2.45, 2.75) is 6.92 Å². The summed E-state index contributed by atoms with van der Waals surface area (Å²) in [5.74, 6) is 0.232. The molecule has 0 N–H and O–H groups in total. The van der Waals surface area contributed by atoms with Crippen molar-refractivity contribution in [3.05, 3.63) is 23.2 Å². The molecular formula is C11H11NO3S. The smallest absolute Gasteiger partial charge is 0.348 e. The molecular weight excluding hydrogens is 226 g/mol. The Bertz CT molecular complexity index is 521. The van der Waals surface area contributed by atoms with E-state index in [9.17, 15) is 4.79 Å². The molecule has 0 aliphatic rings. The standard InChI is InChI=1S/C11H11NO3S/c1-3-15-11(13)9-6-7-8(16-9)4-5-12-10(7)14-2/h4-6H,3H2,1-2H3. The molecule has 0 fully saturated rings. The van der Waals surface area contributed by atoms with Crippen molar-refractivity contribution >= 4 is 27.4 Å². The predicted octanol–water partition coefficient (Wildman–Crippen LogP) is 2.48. The molecule has 0 radical (unpaired) electrons. The monoisotopic (exact) mass is 237 g/mol. The molecule has 0 spiro atoms. The van der Waals surface area contributed by atoms with E-state index in [-0.39, 0.29) is 5.97 Å². The molecule has 5 heteroatoms. The number of thiophene rings is 1. The van der Waals surface area contributed by atoms with Crippen LogP contribution in [0.1, 0.15) is 16.6 Å². The van der Waals surface area contributed by atoms with Crippen LogP contribution in [-0.4, -0.2) is 24.7 Å². The lowest BCUT2D eigenvalue weighted by Gasteiger charge is -1.97. The van der Waals surface area contributed by atoms with E-state index in [1.54, 1.807) is 26.3 Å². The molecule has 0 amide bonds. The second kappa shape index (κ2) is 4.49. The third-order valence-electron chi connectivity index (χ3n) is 2.08. The van der Waals surface area contributed by atoms with E-state index in [0.29, 0.717) is 17.4 Å². The fourth-order valence-electron chi connectivity index (χ4n) is 1.40. The van der Waals surface area contributed by atoms with Crippen LogP contribution in [0.4, 0.5) is 0 Å². The SMILES string of the molecule is CCOC(=O)c1cc2c(OC)nccc2s1. The zero-order valence-corrected chi connectivity index (χ0v) is 9.84. The number of methoxy groups -OCH3 is 1. The number of nitrogens with zero attached hydrogens (tertiary/aromatic N) is 1. The van der Waals surface area contributed by atoms with E-state index in [4.69, 9.17) is 9.47 Å². The number of hydrogen-bond donors (Lipinski definition) is 0. The lowest BCUT2D eigenvalue weighted by molar-refractivity contribution is 0.0532. The van der Waals surface area contributed by atoms with Crippen molar-refractivity contribution in [3.63, 3.8) is 0 Å². The largest absolute Gasteiger partial charge is 0.481 e. The molecule has 0 aromatic carbocycles. The number of aromatic nitrogens is 1. The molecule has 16 heavy (non-hydrogen) atoms. The van der Waals surface area contributed by atoms with Crippen molar-refractivity contribution < 1.29 is 14.3 Å². The topological polar surface area (TPSA) is 48.4 Å². The van der Waals surface area contributed by atoms with Gasteiger partial charge in [-0.3, -0.25) is 0 Å². The summed E-state index contributed by atoms with van der Waals surface area (Å²) >= 11 is 1.38. The van der Waals surface area contributed by atoms with E-state index < -0.39 is 0 Å². The van der Waals surface area contributed by atoms with E-state index in [1.165, 1.54) is 11.3 Å². The summed E-state index contributed by atoms with van der Waals surface area (Å²) in [7, 11) is 1.56. The molecule has 0 saturated carbocycles. The molecule has 0 aliphatic carbocycles. The van der Waals surface area contributed by atoms with Gasteiger partial charge in [0.1, 0.15) is 4.88 Å². The molecule has 0 atom stereocenters. The first-order valence-corrected chi connectivity index (χ1v) is 5.67. The van der Waals surface area contributed by atoms with Crippen LogP contribution in [-0.2, 0) is 4.74 Å². The summed E-state index contributed by atoms with van der Waals surface area (Å²) in [5, 5.41) is 0.845. The van der Waals surface area contributed by atoms with E-state index >= 15 is 0 Å². The summed E-state index contributed by atoms with van der Waals surface area (Å²) < 4.78 is 11.0. The number of esters is 1. The van der Waals surface area contributed by atoms with Gasteiger partial charge in [-0.05, 0) is 19.1 Å². The van der Waals surface area contributed by atoms with Crippen molar-refractivity contribution in [3.8, 4) is 5.88 Å². The van der Waals surface area contributed by atoms with E-state index in [1.807, 2.05) is 6.07 Å². The fourth-order valence-corrected chi connectivity index (χ4v) is 2.34. The highest BCUT2D eigenvalue weighted by molar-refractivity contribution is 7.20. The minimum atomic E-state index is -0.300. The second-order valence-electron chi connectivity index (χ2n) is 3.06. The Kier molecular flexibility index (Phi) is 3.05. The zero-order chi connectivity index (χ0) is 11.5. The molecule has 2 heterocycles. The maximum atomic E-state index is 11.5. The van der Waals surface area contributed by atoms with Crippen LogP contribution in [0.2, 0.25) is 0 Å². The van der Waals surface area contributed by atoms with Crippen LogP contribution >= 0.6 is 11.3 Å². The number of hydrogen-bond acceptors (Lipinski definition) is 5. The van der Waals surface area contributed by atoms with Gasteiger partial charge in [0.05, 0.1) is 19.1 Å². The highest BCUT2D eigenvalue weighted by Crippen LogP contribution is 2.31. The summed E-state index contributed by atoms with van der Waals surface area (Å²) in [4.78, 5) is 16.2. The molecule has 2 aromatic rings. The van der Waals surface area contributed by atoms with Crippen LogP contribution < -0.4 is 4.74 Å². The van der Waals surface area contributed by atoms with Crippen molar-refractivity contribution in [2.75, 3.05) is 13.7 Å². The first-order chi connectivity index (χ1) is 7.76. The number of carbonyl (C=O) groups is 1. The number of ether oxygens (including phenoxy) is 2. The van der Waals surface area contributed by atoms with Gasteiger partial charge in [-0.15, -0.1) is 11.3 Å². The Balaban J connectivity index is 2.47. The van der Waals surface area contributed by atoms with Crippen molar-refractivity contribution in [2.24, 2.45) is 0 Å². The van der Waals surface area contributed by atoms with Gasteiger partial charge in [0, 0.05) is 10.9 Å². The average Bonchev–Trinajstić information content (AvgIpc) is 2.72. The molecule has 0 saturated heterocycles. The third kappa shape index (κ3) is 1.86. The van der Waals surface area contributed by atoms with Gasteiger partial charge in [-0.1, -0.05) is 0 Å². The summed E-state index contributed by atoms with van der Waals surface area (Å²) in [5.41, 5.74) is 0. The van der Waals surface area contributed by atoms with Gasteiger partial charge in [0.15, 0.2) is 0 Å². The Hall–Kier alpha value is -1.62. The number of rotatable bonds is 3.